The maximum absolute atomic E-state index is 4.68. The van der Waals surface area contributed by atoms with Crippen molar-refractivity contribution < 1.29 is 4.57 Å². The second-order valence-corrected chi connectivity index (χ2v) is 7.81. The van der Waals surface area contributed by atoms with E-state index in [-0.39, 0.29) is 0 Å². The van der Waals surface area contributed by atoms with Gasteiger partial charge in [0.05, 0.1) is 28.4 Å². The van der Waals surface area contributed by atoms with E-state index in [2.05, 4.69) is 96.5 Å². The zero-order valence-electron chi connectivity index (χ0n) is 16.7. The van der Waals surface area contributed by atoms with E-state index < -0.39 is 0 Å². The highest BCUT2D eigenvalue weighted by atomic mass is 15.3. The van der Waals surface area contributed by atoms with Crippen molar-refractivity contribution in [2.45, 2.75) is 6.54 Å². The topological polar surface area (TPSA) is 39.5 Å². The van der Waals surface area contributed by atoms with E-state index in [0.29, 0.717) is 0 Å². The molecule has 0 aliphatic carbocycles. The first-order valence-corrected chi connectivity index (χ1v) is 10.4. The first kappa shape index (κ1) is 16.5. The first-order valence-electron chi connectivity index (χ1n) is 10.4. The van der Waals surface area contributed by atoms with Gasteiger partial charge in [0.15, 0.2) is 0 Å². The molecule has 5 heteroatoms. The molecular weight excluding hydrogens is 382 g/mol. The van der Waals surface area contributed by atoms with Crippen LogP contribution in [0.4, 0.5) is 0 Å². The maximum Gasteiger partial charge on any atom is 0.298 e. The van der Waals surface area contributed by atoms with Crippen LogP contribution in [0.15, 0.2) is 97.5 Å². The monoisotopic (exact) mass is 400 g/mol. The van der Waals surface area contributed by atoms with Gasteiger partial charge in [0.2, 0.25) is 5.52 Å². The van der Waals surface area contributed by atoms with Crippen molar-refractivity contribution in [1.82, 2.24) is 19.1 Å². The van der Waals surface area contributed by atoms with Crippen molar-refractivity contribution in [3.05, 3.63) is 103 Å². The predicted molar refractivity (Wildman–Crippen MR) is 120 cm³/mol. The van der Waals surface area contributed by atoms with E-state index in [1.54, 1.807) is 0 Å². The lowest BCUT2D eigenvalue weighted by atomic mass is 10.2. The quantitative estimate of drug-likeness (QED) is 0.395. The molecule has 0 bridgehead atoms. The molecule has 146 valence electrons. The van der Waals surface area contributed by atoms with Crippen LogP contribution < -0.4 is 4.57 Å². The number of fused-ring (bicyclic) bond motifs is 7. The van der Waals surface area contributed by atoms with Crippen LogP contribution in [0.1, 0.15) is 5.69 Å². The summed E-state index contributed by atoms with van der Waals surface area (Å²) in [5, 5.41) is 1.19. The number of hydrogen-bond acceptors (Lipinski definition) is 2. The molecular formula is C26H18N5+. The Kier molecular flexibility index (Phi) is 3.27. The largest absolute Gasteiger partial charge is 0.298 e. The number of aromatic nitrogens is 5. The molecule has 5 nitrogen and oxygen atoms in total. The fourth-order valence-electron chi connectivity index (χ4n) is 4.90. The minimum atomic E-state index is 0.762. The highest BCUT2D eigenvalue weighted by Crippen LogP contribution is 2.38. The number of hydrogen-bond donors (Lipinski definition) is 0. The van der Waals surface area contributed by atoms with Gasteiger partial charge in [-0.15, -0.1) is 0 Å². The fraction of sp³-hybridized carbons (Fsp3) is 0.0385. The van der Waals surface area contributed by atoms with Gasteiger partial charge >= 0.3 is 0 Å². The van der Waals surface area contributed by atoms with Crippen molar-refractivity contribution in [3.8, 4) is 22.8 Å². The molecule has 5 heterocycles. The third-order valence-electron chi connectivity index (χ3n) is 6.14. The Morgan fingerprint density at radius 3 is 2.26 bits per heavy atom. The molecule has 0 spiro atoms. The summed E-state index contributed by atoms with van der Waals surface area (Å²) in [4.78, 5) is 9.14. The van der Waals surface area contributed by atoms with E-state index in [0.717, 1.165) is 34.8 Å². The lowest BCUT2D eigenvalue weighted by Crippen LogP contribution is -2.31. The summed E-state index contributed by atoms with van der Waals surface area (Å²) in [5.41, 5.74) is 8.00. The molecule has 7 rings (SSSR count). The van der Waals surface area contributed by atoms with Gasteiger partial charge in [0, 0.05) is 18.1 Å². The minimum Gasteiger partial charge on any atom is -0.271 e. The first-order chi connectivity index (χ1) is 15.4. The van der Waals surface area contributed by atoms with Gasteiger partial charge in [-0.25, -0.2) is 4.57 Å². The predicted octanol–water partition coefficient (Wildman–Crippen LogP) is 4.68. The molecule has 0 saturated heterocycles. The Hall–Kier alpha value is -4.25. The van der Waals surface area contributed by atoms with Crippen LogP contribution >= 0.6 is 0 Å². The molecule has 1 aliphatic heterocycles. The second kappa shape index (κ2) is 6.12. The standard InChI is InChI=1S/C26H18N5/c1-3-8-18(9-4-1)30-23-16-27-15-13-21(23)24-26(30)31(19-10-5-2-6-11-19)25-20-12-7-14-28-22(20)17-29(24)25/h1-16H,17H2/q+1. The SMILES string of the molecule is c1ccc(-n2c3[n+](c4c5ccncc5n(-c5ccccc5)c42)Cc2ncccc2-3)cc1. The van der Waals surface area contributed by atoms with Crippen LogP contribution in [-0.2, 0) is 6.54 Å². The summed E-state index contributed by atoms with van der Waals surface area (Å²) >= 11 is 0. The number of imidazole rings is 1. The Labute approximate surface area is 178 Å². The van der Waals surface area contributed by atoms with Crippen LogP contribution in [0, 0.1) is 0 Å². The summed E-state index contributed by atoms with van der Waals surface area (Å²) in [6.07, 6.45) is 5.72. The van der Waals surface area contributed by atoms with Crippen molar-refractivity contribution in [2.24, 2.45) is 0 Å². The maximum atomic E-state index is 4.68. The van der Waals surface area contributed by atoms with E-state index in [9.17, 15) is 0 Å². The number of pyridine rings is 2. The van der Waals surface area contributed by atoms with Gasteiger partial charge in [0.25, 0.3) is 11.5 Å². The molecule has 2 aromatic carbocycles. The molecule has 0 fully saturated rings. The van der Waals surface area contributed by atoms with Gasteiger partial charge in [-0.2, -0.15) is 4.57 Å². The van der Waals surface area contributed by atoms with Crippen molar-refractivity contribution in [3.63, 3.8) is 0 Å². The summed E-state index contributed by atoms with van der Waals surface area (Å²) in [6.45, 7) is 0.762. The molecule has 0 unspecified atom stereocenters. The number of nitrogens with zero attached hydrogens (tertiary/aromatic N) is 5. The number of para-hydroxylation sites is 2. The zero-order chi connectivity index (χ0) is 20.4. The summed E-state index contributed by atoms with van der Waals surface area (Å²) in [5.74, 6) is 1.17. The van der Waals surface area contributed by atoms with Gasteiger partial charge in [-0.3, -0.25) is 14.5 Å². The lowest BCUT2D eigenvalue weighted by molar-refractivity contribution is -0.645. The Bertz CT molecular complexity index is 1590. The molecule has 1 aliphatic rings. The van der Waals surface area contributed by atoms with Crippen molar-refractivity contribution in [1.29, 1.82) is 0 Å². The fourth-order valence-corrected chi connectivity index (χ4v) is 4.90. The van der Waals surface area contributed by atoms with Crippen LogP contribution in [-0.4, -0.2) is 19.1 Å². The third kappa shape index (κ3) is 2.17. The average Bonchev–Trinajstić information content (AvgIpc) is 3.46. The Morgan fingerprint density at radius 2 is 1.48 bits per heavy atom. The Balaban J connectivity index is 1.74. The molecule has 0 amide bonds. The van der Waals surface area contributed by atoms with Crippen molar-refractivity contribution >= 4 is 22.1 Å². The average molecular weight is 400 g/mol. The Morgan fingerprint density at radius 1 is 0.742 bits per heavy atom. The summed E-state index contributed by atoms with van der Waals surface area (Å²) in [7, 11) is 0. The highest BCUT2D eigenvalue weighted by molar-refractivity contribution is 6.05. The highest BCUT2D eigenvalue weighted by Gasteiger charge is 2.39. The third-order valence-corrected chi connectivity index (χ3v) is 6.14. The van der Waals surface area contributed by atoms with Gasteiger partial charge in [-0.05, 0) is 42.5 Å². The summed E-state index contributed by atoms with van der Waals surface area (Å²) < 4.78 is 7.10. The van der Waals surface area contributed by atoms with Gasteiger partial charge < -0.3 is 0 Å². The molecule has 31 heavy (non-hydrogen) atoms. The zero-order valence-corrected chi connectivity index (χ0v) is 16.7. The molecule has 0 N–H and O–H groups in total. The van der Waals surface area contributed by atoms with Crippen molar-refractivity contribution in [2.75, 3.05) is 0 Å². The van der Waals surface area contributed by atoms with E-state index in [4.69, 9.17) is 0 Å². The number of benzene rings is 2. The second-order valence-electron chi connectivity index (χ2n) is 7.81. The molecule has 0 radical (unpaired) electrons. The normalized spacial score (nSPS) is 12.4. The van der Waals surface area contributed by atoms with Crippen LogP contribution in [0.3, 0.4) is 0 Å². The van der Waals surface area contributed by atoms with E-state index in [1.165, 1.54) is 22.3 Å². The molecule has 6 aromatic rings. The smallest absolute Gasteiger partial charge is 0.271 e. The molecule has 0 atom stereocenters. The van der Waals surface area contributed by atoms with Gasteiger partial charge in [0.1, 0.15) is 12.2 Å². The molecule has 0 saturated carbocycles. The lowest BCUT2D eigenvalue weighted by Gasteiger charge is -2.08. The van der Waals surface area contributed by atoms with E-state index in [1.807, 2.05) is 24.7 Å². The van der Waals surface area contributed by atoms with Crippen LogP contribution in [0.2, 0.25) is 0 Å². The molecule has 4 aromatic heterocycles. The van der Waals surface area contributed by atoms with Crippen LogP contribution in [0.5, 0.6) is 0 Å². The van der Waals surface area contributed by atoms with E-state index >= 15 is 0 Å². The summed E-state index contributed by atoms with van der Waals surface area (Å²) in [6, 6.07) is 27.4. The minimum absolute atomic E-state index is 0.762. The van der Waals surface area contributed by atoms with Gasteiger partial charge in [-0.1, -0.05) is 36.4 Å². The number of rotatable bonds is 2. The van der Waals surface area contributed by atoms with Crippen LogP contribution in [0.25, 0.3) is 44.8 Å².